The molecule has 1 N–H and O–H groups in total. The second kappa shape index (κ2) is 6.02. The van der Waals surface area contributed by atoms with E-state index in [1.807, 2.05) is 13.0 Å². The molecule has 0 aliphatic carbocycles. The van der Waals surface area contributed by atoms with Gasteiger partial charge in [0, 0.05) is 6.54 Å². The van der Waals surface area contributed by atoms with Gasteiger partial charge < -0.3 is 10.0 Å². The number of hydrogen-bond acceptors (Lipinski definition) is 6. The summed E-state index contributed by atoms with van der Waals surface area (Å²) in [5, 5.41) is 26.6. The summed E-state index contributed by atoms with van der Waals surface area (Å²) in [6.45, 7) is 2.38. The molecule has 0 unspecified atom stereocenters. The molecule has 16 heavy (non-hydrogen) atoms. The average Bonchev–Trinajstić information content (AvgIpc) is 2.72. The van der Waals surface area contributed by atoms with Gasteiger partial charge in [-0.2, -0.15) is 5.26 Å². The Hall–Kier alpha value is -1.68. The van der Waals surface area contributed by atoms with Crippen molar-refractivity contribution >= 4 is 22.4 Å². The van der Waals surface area contributed by atoms with Crippen LogP contribution in [-0.4, -0.2) is 34.4 Å². The van der Waals surface area contributed by atoms with E-state index in [1.54, 1.807) is 4.90 Å². The molecule has 86 valence electrons. The normalized spacial score (nSPS) is 9.75. The Labute approximate surface area is 97.1 Å². The standard InChI is InChI=1S/C9H12N4O2S/c1-2-7-11-12-9(16-7)13(6-4-10)5-3-8(14)15/h2-3,5-6H2,1H3,(H,14,15). The van der Waals surface area contributed by atoms with Gasteiger partial charge in [0.1, 0.15) is 11.6 Å². The molecule has 6 nitrogen and oxygen atoms in total. The molecule has 0 aliphatic rings. The van der Waals surface area contributed by atoms with Gasteiger partial charge in [0.2, 0.25) is 5.13 Å². The first-order valence-corrected chi connectivity index (χ1v) is 5.65. The SMILES string of the molecule is CCc1nnc(N(CC#N)CCC(=O)O)s1. The number of nitrogens with zero attached hydrogens (tertiary/aromatic N) is 4. The van der Waals surface area contributed by atoms with E-state index in [-0.39, 0.29) is 19.5 Å². The van der Waals surface area contributed by atoms with E-state index in [4.69, 9.17) is 10.4 Å². The van der Waals surface area contributed by atoms with Gasteiger partial charge in [-0.1, -0.05) is 18.3 Å². The van der Waals surface area contributed by atoms with Crippen molar-refractivity contribution in [3.8, 4) is 6.07 Å². The molecule has 0 amide bonds. The summed E-state index contributed by atoms with van der Waals surface area (Å²) in [6, 6.07) is 1.99. The molecule has 1 rings (SSSR count). The lowest BCUT2D eigenvalue weighted by Crippen LogP contribution is -2.26. The monoisotopic (exact) mass is 240 g/mol. The number of aliphatic carboxylic acids is 1. The fraction of sp³-hybridized carbons (Fsp3) is 0.556. The highest BCUT2D eigenvalue weighted by molar-refractivity contribution is 7.15. The van der Waals surface area contributed by atoms with Crippen LogP contribution in [0, 0.1) is 11.3 Å². The summed E-state index contributed by atoms with van der Waals surface area (Å²) >= 11 is 1.39. The number of aromatic nitrogens is 2. The van der Waals surface area contributed by atoms with Crippen molar-refractivity contribution in [1.29, 1.82) is 5.26 Å². The maximum Gasteiger partial charge on any atom is 0.305 e. The zero-order valence-corrected chi connectivity index (χ0v) is 9.70. The van der Waals surface area contributed by atoms with Gasteiger partial charge in [0.15, 0.2) is 0 Å². The summed E-state index contributed by atoms with van der Waals surface area (Å²) in [5.74, 6) is -0.886. The lowest BCUT2D eigenvalue weighted by Gasteiger charge is -2.15. The third-order valence-corrected chi connectivity index (χ3v) is 3.01. The van der Waals surface area contributed by atoms with Crippen LogP contribution in [0.25, 0.3) is 0 Å². The maximum absolute atomic E-state index is 10.5. The number of carboxylic acids is 1. The van der Waals surface area contributed by atoms with E-state index in [0.29, 0.717) is 5.13 Å². The lowest BCUT2D eigenvalue weighted by atomic mass is 10.4. The summed E-state index contributed by atoms with van der Waals surface area (Å²) < 4.78 is 0. The van der Waals surface area contributed by atoms with E-state index in [1.165, 1.54) is 11.3 Å². The Morgan fingerprint density at radius 1 is 1.62 bits per heavy atom. The fourth-order valence-corrected chi connectivity index (χ4v) is 1.88. The number of carboxylic acid groups (broad SMARTS) is 1. The summed E-state index contributed by atoms with van der Waals surface area (Å²) in [7, 11) is 0. The van der Waals surface area contributed by atoms with E-state index < -0.39 is 5.97 Å². The minimum absolute atomic E-state index is 0.0112. The zero-order chi connectivity index (χ0) is 12.0. The number of hydrogen-bond donors (Lipinski definition) is 1. The predicted octanol–water partition coefficient (Wildman–Crippen LogP) is 0.905. The van der Waals surface area contributed by atoms with Crippen molar-refractivity contribution < 1.29 is 9.90 Å². The van der Waals surface area contributed by atoms with E-state index >= 15 is 0 Å². The largest absolute Gasteiger partial charge is 0.481 e. The molecule has 1 aromatic rings. The molecule has 0 atom stereocenters. The third-order valence-electron chi connectivity index (χ3n) is 1.89. The van der Waals surface area contributed by atoms with Gasteiger partial charge in [0.25, 0.3) is 0 Å². The highest BCUT2D eigenvalue weighted by atomic mass is 32.1. The lowest BCUT2D eigenvalue weighted by molar-refractivity contribution is -0.136. The van der Waals surface area contributed by atoms with Gasteiger partial charge in [-0.25, -0.2) is 0 Å². The first kappa shape index (κ1) is 12.4. The van der Waals surface area contributed by atoms with Gasteiger partial charge in [0.05, 0.1) is 12.5 Å². The highest BCUT2D eigenvalue weighted by Crippen LogP contribution is 2.20. The smallest absolute Gasteiger partial charge is 0.305 e. The predicted molar refractivity (Wildman–Crippen MR) is 59.4 cm³/mol. The van der Waals surface area contributed by atoms with Crippen LogP contribution in [0.15, 0.2) is 0 Å². The molecular weight excluding hydrogens is 228 g/mol. The molecule has 0 fully saturated rings. The van der Waals surface area contributed by atoms with Crippen molar-refractivity contribution in [3.63, 3.8) is 0 Å². The van der Waals surface area contributed by atoms with Gasteiger partial charge in [-0.3, -0.25) is 4.79 Å². The number of nitriles is 1. The van der Waals surface area contributed by atoms with Crippen molar-refractivity contribution in [2.24, 2.45) is 0 Å². The third kappa shape index (κ3) is 3.47. The second-order valence-electron chi connectivity index (χ2n) is 3.06. The maximum atomic E-state index is 10.5. The van der Waals surface area contributed by atoms with E-state index in [0.717, 1.165) is 11.4 Å². The fourth-order valence-electron chi connectivity index (χ4n) is 1.07. The first-order chi connectivity index (χ1) is 7.67. The quantitative estimate of drug-likeness (QED) is 0.743. The molecule has 0 aromatic carbocycles. The Morgan fingerprint density at radius 2 is 2.38 bits per heavy atom. The minimum Gasteiger partial charge on any atom is -0.481 e. The average molecular weight is 240 g/mol. The Morgan fingerprint density at radius 3 is 2.88 bits per heavy atom. The van der Waals surface area contributed by atoms with Crippen LogP contribution >= 0.6 is 11.3 Å². The van der Waals surface area contributed by atoms with Crippen LogP contribution in [0.3, 0.4) is 0 Å². The van der Waals surface area contributed by atoms with Crippen LogP contribution < -0.4 is 4.90 Å². The molecule has 0 aliphatic heterocycles. The van der Waals surface area contributed by atoms with Crippen LogP contribution in [0.2, 0.25) is 0 Å². The van der Waals surface area contributed by atoms with Crippen LogP contribution in [-0.2, 0) is 11.2 Å². The number of carbonyl (C=O) groups is 1. The number of aryl methyl sites for hydroxylation is 1. The van der Waals surface area contributed by atoms with Crippen molar-refractivity contribution in [3.05, 3.63) is 5.01 Å². The van der Waals surface area contributed by atoms with E-state index in [9.17, 15) is 4.79 Å². The van der Waals surface area contributed by atoms with Crippen molar-refractivity contribution in [1.82, 2.24) is 10.2 Å². The van der Waals surface area contributed by atoms with Gasteiger partial charge in [-0.05, 0) is 6.42 Å². The van der Waals surface area contributed by atoms with Crippen LogP contribution in [0.1, 0.15) is 18.4 Å². The topological polar surface area (TPSA) is 90.1 Å². The number of anilines is 1. The van der Waals surface area contributed by atoms with Gasteiger partial charge >= 0.3 is 5.97 Å². The summed E-state index contributed by atoms with van der Waals surface area (Å²) in [5.41, 5.74) is 0. The summed E-state index contributed by atoms with van der Waals surface area (Å²) in [6.07, 6.45) is 0.777. The summed E-state index contributed by atoms with van der Waals surface area (Å²) in [4.78, 5) is 12.1. The first-order valence-electron chi connectivity index (χ1n) is 4.83. The van der Waals surface area contributed by atoms with Gasteiger partial charge in [-0.15, -0.1) is 10.2 Å². The Kier molecular flexibility index (Phi) is 4.66. The molecule has 0 radical (unpaired) electrons. The van der Waals surface area contributed by atoms with E-state index in [2.05, 4.69) is 10.2 Å². The highest BCUT2D eigenvalue weighted by Gasteiger charge is 2.12. The zero-order valence-electron chi connectivity index (χ0n) is 8.88. The Balaban J connectivity index is 2.69. The molecular formula is C9H12N4O2S. The number of rotatable bonds is 6. The minimum atomic E-state index is -0.886. The van der Waals surface area contributed by atoms with Crippen LogP contribution in [0.5, 0.6) is 0 Å². The molecule has 0 saturated heterocycles. The molecule has 0 saturated carbocycles. The Bertz CT molecular complexity index is 398. The second-order valence-corrected chi connectivity index (χ2v) is 4.10. The van der Waals surface area contributed by atoms with Crippen molar-refractivity contribution in [2.45, 2.75) is 19.8 Å². The molecule has 1 aromatic heterocycles. The molecule has 0 bridgehead atoms. The van der Waals surface area contributed by atoms with Crippen LogP contribution in [0.4, 0.5) is 5.13 Å². The molecule has 7 heteroatoms. The molecule has 0 spiro atoms. The molecule has 1 heterocycles. The van der Waals surface area contributed by atoms with Crippen molar-refractivity contribution in [2.75, 3.05) is 18.0 Å².